The van der Waals surface area contributed by atoms with Gasteiger partial charge in [-0.25, -0.2) is 0 Å². The number of hydrogen-bond acceptors (Lipinski definition) is 4. The van der Waals surface area contributed by atoms with E-state index in [1.807, 2.05) is 34.5 Å². The van der Waals surface area contributed by atoms with Crippen LogP contribution in [0, 0.1) is 0 Å². The van der Waals surface area contributed by atoms with Crippen molar-refractivity contribution < 1.29 is 5.11 Å². The zero-order valence-electron chi connectivity index (χ0n) is 8.91. The fourth-order valence-electron chi connectivity index (χ4n) is 1.45. The second-order valence-corrected chi connectivity index (χ2v) is 4.48. The molecule has 86 valence electrons. The Kier molecular flexibility index (Phi) is 4.10. The molecule has 0 amide bonds. The standard InChI is InChI=1S/C11H15N3OS/c15-10(11-3-1-8-16-11)9-12-5-7-14-6-2-4-13-14/h1-4,6,8,10,12,15H,5,7,9H2. The minimum Gasteiger partial charge on any atom is -0.386 e. The van der Waals surface area contributed by atoms with Crippen LogP contribution >= 0.6 is 11.3 Å². The molecule has 0 aliphatic carbocycles. The first kappa shape index (κ1) is 11.3. The summed E-state index contributed by atoms with van der Waals surface area (Å²) in [7, 11) is 0. The highest BCUT2D eigenvalue weighted by molar-refractivity contribution is 7.10. The Morgan fingerprint density at radius 2 is 2.44 bits per heavy atom. The van der Waals surface area contributed by atoms with Gasteiger partial charge in [-0.05, 0) is 17.5 Å². The predicted molar refractivity (Wildman–Crippen MR) is 64.4 cm³/mol. The highest BCUT2D eigenvalue weighted by Crippen LogP contribution is 2.17. The Balaban J connectivity index is 1.65. The second-order valence-electron chi connectivity index (χ2n) is 3.50. The molecule has 2 rings (SSSR count). The van der Waals surface area contributed by atoms with Crippen LogP contribution in [0.3, 0.4) is 0 Å². The molecule has 5 heteroatoms. The highest BCUT2D eigenvalue weighted by Gasteiger charge is 2.06. The van der Waals surface area contributed by atoms with Gasteiger partial charge in [0.05, 0.1) is 6.54 Å². The van der Waals surface area contributed by atoms with E-state index in [1.54, 1.807) is 17.5 Å². The number of aromatic nitrogens is 2. The number of rotatable bonds is 6. The summed E-state index contributed by atoms with van der Waals surface area (Å²) in [5.74, 6) is 0. The minimum atomic E-state index is -0.405. The summed E-state index contributed by atoms with van der Waals surface area (Å²) < 4.78 is 1.87. The summed E-state index contributed by atoms with van der Waals surface area (Å²) in [5, 5.41) is 19.1. The molecule has 1 unspecified atom stereocenters. The molecular weight excluding hydrogens is 222 g/mol. The summed E-state index contributed by atoms with van der Waals surface area (Å²) in [6.07, 6.45) is 3.29. The molecule has 0 aliphatic heterocycles. The van der Waals surface area contributed by atoms with Crippen molar-refractivity contribution >= 4 is 11.3 Å². The van der Waals surface area contributed by atoms with Gasteiger partial charge < -0.3 is 10.4 Å². The molecule has 0 fully saturated rings. The molecule has 0 bridgehead atoms. The van der Waals surface area contributed by atoms with Gasteiger partial charge in [-0.2, -0.15) is 5.10 Å². The molecule has 2 aromatic rings. The smallest absolute Gasteiger partial charge is 0.101 e. The maximum Gasteiger partial charge on any atom is 0.101 e. The van der Waals surface area contributed by atoms with Gasteiger partial charge >= 0.3 is 0 Å². The van der Waals surface area contributed by atoms with Crippen LogP contribution in [-0.2, 0) is 6.54 Å². The number of aliphatic hydroxyl groups excluding tert-OH is 1. The Hall–Kier alpha value is -1.17. The van der Waals surface area contributed by atoms with Crippen molar-refractivity contribution in [2.75, 3.05) is 13.1 Å². The van der Waals surface area contributed by atoms with Gasteiger partial charge in [0, 0.05) is 30.4 Å². The van der Waals surface area contributed by atoms with Crippen molar-refractivity contribution in [3.8, 4) is 0 Å². The lowest BCUT2D eigenvalue weighted by atomic mass is 10.3. The number of nitrogens with one attached hydrogen (secondary N) is 1. The molecule has 2 aromatic heterocycles. The number of hydrogen-bond donors (Lipinski definition) is 2. The van der Waals surface area contributed by atoms with Gasteiger partial charge in [-0.3, -0.25) is 4.68 Å². The molecular formula is C11H15N3OS. The first-order chi connectivity index (χ1) is 7.86. The second kappa shape index (κ2) is 5.79. The van der Waals surface area contributed by atoms with E-state index in [0.717, 1.165) is 18.0 Å². The topological polar surface area (TPSA) is 50.1 Å². The van der Waals surface area contributed by atoms with Gasteiger partial charge in [0.15, 0.2) is 0 Å². The lowest BCUT2D eigenvalue weighted by Gasteiger charge is -2.09. The van der Waals surface area contributed by atoms with Crippen LogP contribution in [-0.4, -0.2) is 28.0 Å². The van der Waals surface area contributed by atoms with E-state index < -0.39 is 6.10 Å². The quantitative estimate of drug-likeness (QED) is 0.744. The van der Waals surface area contributed by atoms with Gasteiger partial charge in [0.1, 0.15) is 6.10 Å². The summed E-state index contributed by atoms with van der Waals surface area (Å²) >= 11 is 1.58. The van der Waals surface area contributed by atoms with Crippen LogP contribution in [0.2, 0.25) is 0 Å². The summed E-state index contributed by atoms with van der Waals surface area (Å²) in [6, 6.07) is 5.80. The van der Waals surface area contributed by atoms with Crippen LogP contribution in [0.15, 0.2) is 36.0 Å². The molecule has 2 heterocycles. The molecule has 0 aliphatic rings. The molecule has 0 spiro atoms. The van der Waals surface area contributed by atoms with Crippen LogP contribution < -0.4 is 5.32 Å². The summed E-state index contributed by atoms with van der Waals surface area (Å²) in [4.78, 5) is 1.01. The maximum absolute atomic E-state index is 9.79. The van der Waals surface area contributed by atoms with Crippen molar-refractivity contribution in [3.63, 3.8) is 0 Å². The van der Waals surface area contributed by atoms with Crippen molar-refractivity contribution in [1.29, 1.82) is 0 Å². The van der Waals surface area contributed by atoms with Crippen LogP contribution in [0.4, 0.5) is 0 Å². The van der Waals surface area contributed by atoms with E-state index in [0.29, 0.717) is 6.54 Å². The van der Waals surface area contributed by atoms with E-state index in [1.165, 1.54) is 0 Å². The SMILES string of the molecule is OC(CNCCn1cccn1)c1cccs1. The van der Waals surface area contributed by atoms with E-state index in [2.05, 4.69) is 10.4 Å². The van der Waals surface area contributed by atoms with Crippen LogP contribution in [0.5, 0.6) is 0 Å². The first-order valence-electron chi connectivity index (χ1n) is 5.26. The Morgan fingerprint density at radius 1 is 1.50 bits per heavy atom. The lowest BCUT2D eigenvalue weighted by Crippen LogP contribution is -2.25. The third-order valence-electron chi connectivity index (χ3n) is 2.29. The molecule has 0 aromatic carbocycles. The Morgan fingerprint density at radius 3 is 3.12 bits per heavy atom. The zero-order valence-corrected chi connectivity index (χ0v) is 9.73. The van der Waals surface area contributed by atoms with Crippen molar-refractivity contribution in [2.45, 2.75) is 12.6 Å². The normalized spacial score (nSPS) is 12.8. The largest absolute Gasteiger partial charge is 0.386 e. The van der Waals surface area contributed by atoms with Crippen LogP contribution in [0.25, 0.3) is 0 Å². The van der Waals surface area contributed by atoms with Crippen molar-refractivity contribution in [2.24, 2.45) is 0 Å². The van der Waals surface area contributed by atoms with Gasteiger partial charge in [-0.1, -0.05) is 6.07 Å². The maximum atomic E-state index is 9.79. The average molecular weight is 237 g/mol. The third kappa shape index (κ3) is 3.16. The fraction of sp³-hybridized carbons (Fsp3) is 0.364. The van der Waals surface area contributed by atoms with Gasteiger partial charge in [-0.15, -0.1) is 11.3 Å². The predicted octanol–water partition coefficient (Wildman–Crippen LogP) is 1.27. The molecule has 2 N–H and O–H groups in total. The van der Waals surface area contributed by atoms with E-state index in [9.17, 15) is 5.11 Å². The van der Waals surface area contributed by atoms with Crippen molar-refractivity contribution in [1.82, 2.24) is 15.1 Å². The molecule has 0 saturated carbocycles. The van der Waals surface area contributed by atoms with E-state index in [4.69, 9.17) is 0 Å². The first-order valence-corrected chi connectivity index (χ1v) is 6.14. The van der Waals surface area contributed by atoms with Gasteiger partial charge in [0.25, 0.3) is 0 Å². The Labute approximate surface area is 98.5 Å². The van der Waals surface area contributed by atoms with Crippen molar-refractivity contribution in [3.05, 3.63) is 40.8 Å². The van der Waals surface area contributed by atoms with Gasteiger partial charge in [0.2, 0.25) is 0 Å². The summed E-state index contributed by atoms with van der Waals surface area (Å²) in [6.45, 7) is 2.22. The minimum absolute atomic E-state index is 0.405. The average Bonchev–Trinajstić information content (AvgIpc) is 2.96. The number of thiophene rings is 1. The fourth-order valence-corrected chi connectivity index (χ4v) is 2.16. The van der Waals surface area contributed by atoms with E-state index >= 15 is 0 Å². The Bertz CT molecular complexity index is 385. The molecule has 16 heavy (non-hydrogen) atoms. The molecule has 4 nitrogen and oxygen atoms in total. The third-order valence-corrected chi connectivity index (χ3v) is 3.26. The molecule has 1 atom stereocenters. The summed E-state index contributed by atoms with van der Waals surface area (Å²) in [5.41, 5.74) is 0. The number of nitrogens with zero attached hydrogens (tertiary/aromatic N) is 2. The molecule has 0 saturated heterocycles. The monoisotopic (exact) mass is 237 g/mol. The highest BCUT2D eigenvalue weighted by atomic mass is 32.1. The van der Waals surface area contributed by atoms with E-state index in [-0.39, 0.29) is 0 Å². The lowest BCUT2D eigenvalue weighted by molar-refractivity contribution is 0.178. The number of aliphatic hydroxyl groups is 1. The molecule has 0 radical (unpaired) electrons. The zero-order chi connectivity index (χ0) is 11.2. The van der Waals surface area contributed by atoms with Crippen LogP contribution in [0.1, 0.15) is 11.0 Å².